The standard InChI is InChI=1S/C23H28N4O2/c24-14-20-6-7-22(25-15-20)26-16-21-8-10-23(29-21)17-27(12-13-28-18-23)11-9-19-4-2-1-3-5-19/h1-7,15,21H,8-13,16-18H2,(H,25,26)/t21-,23+/m0/s1. The molecule has 0 unspecified atom stereocenters. The van der Waals surface area contributed by atoms with Gasteiger partial charge in [-0.1, -0.05) is 30.3 Å². The van der Waals surface area contributed by atoms with E-state index in [-0.39, 0.29) is 11.7 Å². The molecular weight excluding hydrogens is 364 g/mol. The summed E-state index contributed by atoms with van der Waals surface area (Å²) in [6, 6.07) is 16.3. The van der Waals surface area contributed by atoms with E-state index in [4.69, 9.17) is 14.7 Å². The predicted molar refractivity (Wildman–Crippen MR) is 112 cm³/mol. The highest BCUT2D eigenvalue weighted by molar-refractivity contribution is 5.39. The number of ether oxygens (including phenoxy) is 2. The first-order chi connectivity index (χ1) is 14.2. The number of benzene rings is 1. The van der Waals surface area contributed by atoms with Crippen molar-refractivity contribution in [2.45, 2.75) is 31.0 Å². The smallest absolute Gasteiger partial charge is 0.126 e. The van der Waals surface area contributed by atoms with Crippen molar-refractivity contribution in [3.8, 4) is 6.07 Å². The number of aromatic nitrogens is 1. The zero-order valence-corrected chi connectivity index (χ0v) is 16.7. The predicted octanol–water partition coefficient (Wildman–Crippen LogP) is 2.86. The number of anilines is 1. The number of hydrogen-bond acceptors (Lipinski definition) is 6. The van der Waals surface area contributed by atoms with Crippen LogP contribution in [0.4, 0.5) is 5.82 Å². The summed E-state index contributed by atoms with van der Waals surface area (Å²) in [5.74, 6) is 0.773. The van der Waals surface area contributed by atoms with Crippen LogP contribution in [-0.4, -0.2) is 61.0 Å². The van der Waals surface area contributed by atoms with Gasteiger partial charge < -0.3 is 14.8 Å². The summed E-state index contributed by atoms with van der Waals surface area (Å²) in [4.78, 5) is 6.76. The van der Waals surface area contributed by atoms with E-state index in [1.54, 1.807) is 12.3 Å². The van der Waals surface area contributed by atoms with Gasteiger partial charge in [-0.2, -0.15) is 5.26 Å². The minimum absolute atomic E-state index is 0.144. The average Bonchev–Trinajstić information content (AvgIpc) is 3.05. The molecule has 0 bridgehead atoms. The lowest BCUT2D eigenvalue weighted by Crippen LogP contribution is -2.45. The van der Waals surface area contributed by atoms with Crippen LogP contribution < -0.4 is 5.32 Å². The molecule has 2 fully saturated rings. The average molecular weight is 393 g/mol. The van der Waals surface area contributed by atoms with Gasteiger partial charge in [0, 0.05) is 32.4 Å². The molecule has 6 nitrogen and oxygen atoms in total. The second kappa shape index (κ2) is 9.36. The van der Waals surface area contributed by atoms with Crippen molar-refractivity contribution in [2.75, 3.05) is 44.7 Å². The quantitative estimate of drug-likeness (QED) is 0.815. The lowest BCUT2D eigenvalue weighted by atomic mass is 10.00. The monoisotopic (exact) mass is 392 g/mol. The fourth-order valence-corrected chi connectivity index (χ4v) is 4.15. The molecule has 0 radical (unpaired) electrons. The largest absolute Gasteiger partial charge is 0.377 e. The molecule has 0 aliphatic carbocycles. The van der Waals surface area contributed by atoms with Gasteiger partial charge in [0.05, 0.1) is 24.9 Å². The Hall–Kier alpha value is -2.46. The van der Waals surface area contributed by atoms with Crippen molar-refractivity contribution in [1.29, 1.82) is 5.26 Å². The van der Waals surface area contributed by atoms with Gasteiger partial charge in [-0.3, -0.25) is 4.90 Å². The van der Waals surface area contributed by atoms with Gasteiger partial charge in [0.25, 0.3) is 0 Å². The van der Waals surface area contributed by atoms with Gasteiger partial charge in [-0.15, -0.1) is 0 Å². The van der Waals surface area contributed by atoms with Crippen molar-refractivity contribution < 1.29 is 9.47 Å². The molecule has 152 valence electrons. The molecule has 2 aliphatic rings. The number of pyridine rings is 1. The molecule has 2 saturated heterocycles. The van der Waals surface area contributed by atoms with E-state index in [1.165, 1.54) is 5.56 Å². The van der Waals surface area contributed by atoms with Crippen LogP contribution in [0, 0.1) is 11.3 Å². The minimum Gasteiger partial charge on any atom is -0.377 e. The van der Waals surface area contributed by atoms with Gasteiger partial charge in [0.1, 0.15) is 17.5 Å². The molecule has 1 spiro atoms. The first kappa shape index (κ1) is 19.8. The van der Waals surface area contributed by atoms with Crippen molar-refractivity contribution in [3.63, 3.8) is 0 Å². The first-order valence-electron chi connectivity index (χ1n) is 10.4. The fraction of sp³-hybridized carbons (Fsp3) is 0.478. The van der Waals surface area contributed by atoms with Crippen molar-refractivity contribution in [1.82, 2.24) is 9.88 Å². The maximum Gasteiger partial charge on any atom is 0.126 e. The van der Waals surface area contributed by atoms with E-state index in [0.29, 0.717) is 18.7 Å². The Kier molecular flexibility index (Phi) is 6.40. The van der Waals surface area contributed by atoms with Crippen LogP contribution in [0.15, 0.2) is 48.7 Å². The van der Waals surface area contributed by atoms with E-state index in [9.17, 15) is 0 Å². The van der Waals surface area contributed by atoms with Gasteiger partial charge >= 0.3 is 0 Å². The van der Waals surface area contributed by atoms with Crippen LogP contribution in [0.2, 0.25) is 0 Å². The first-order valence-corrected chi connectivity index (χ1v) is 10.4. The van der Waals surface area contributed by atoms with Gasteiger partial charge in [0.2, 0.25) is 0 Å². The highest BCUT2D eigenvalue weighted by Gasteiger charge is 2.42. The molecule has 1 N–H and O–H groups in total. The molecule has 29 heavy (non-hydrogen) atoms. The summed E-state index contributed by atoms with van der Waals surface area (Å²) >= 11 is 0. The summed E-state index contributed by atoms with van der Waals surface area (Å²) in [7, 11) is 0. The maximum absolute atomic E-state index is 8.87. The molecule has 6 heteroatoms. The zero-order valence-electron chi connectivity index (χ0n) is 16.7. The highest BCUT2D eigenvalue weighted by atomic mass is 16.6. The topological polar surface area (TPSA) is 70.4 Å². The van der Waals surface area contributed by atoms with Gasteiger partial charge in [-0.05, 0) is 37.0 Å². The molecule has 3 heterocycles. The summed E-state index contributed by atoms with van der Waals surface area (Å²) < 4.78 is 12.4. The third kappa shape index (κ3) is 5.33. The molecule has 2 aliphatic heterocycles. The van der Waals surface area contributed by atoms with Crippen molar-refractivity contribution in [2.24, 2.45) is 0 Å². The zero-order chi connectivity index (χ0) is 19.9. The van der Waals surface area contributed by atoms with E-state index in [0.717, 1.165) is 51.3 Å². The Morgan fingerprint density at radius 2 is 2.14 bits per heavy atom. The summed E-state index contributed by atoms with van der Waals surface area (Å²) in [6.07, 6.45) is 4.81. The summed E-state index contributed by atoms with van der Waals surface area (Å²) in [5, 5.41) is 12.2. The lowest BCUT2D eigenvalue weighted by Gasteiger charge is -2.32. The van der Waals surface area contributed by atoms with Crippen LogP contribution in [-0.2, 0) is 15.9 Å². The third-order valence-corrected chi connectivity index (χ3v) is 5.73. The number of nitriles is 1. The van der Waals surface area contributed by atoms with Crippen LogP contribution >= 0.6 is 0 Å². The molecular formula is C23H28N4O2. The normalized spacial score (nSPS) is 24.9. The van der Waals surface area contributed by atoms with E-state index >= 15 is 0 Å². The van der Waals surface area contributed by atoms with Gasteiger partial charge in [-0.25, -0.2) is 4.98 Å². The van der Waals surface area contributed by atoms with Crippen LogP contribution in [0.25, 0.3) is 0 Å². The Labute approximate surface area is 172 Å². The molecule has 1 aromatic heterocycles. The Morgan fingerprint density at radius 3 is 2.93 bits per heavy atom. The summed E-state index contributed by atoms with van der Waals surface area (Å²) in [6.45, 7) is 5.04. The lowest BCUT2D eigenvalue weighted by molar-refractivity contribution is -0.0820. The molecule has 1 aromatic carbocycles. The van der Waals surface area contributed by atoms with Crippen LogP contribution in [0.3, 0.4) is 0 Å². The molecule has 2 aromatic rings. The van der Waals surface area contributed by atoms with E-state index < -0.39 is 0 Å². The van der Waals surface area contributed by atoms with Crippen LogP contribution in [0.5, 0.6) is 0 Å². The number of hydrogen-bond donors (Lipinski definition) is 1. The van der Waals surface area contributed by atoms with Crippen LogP contribution in [0.1, 0.15) is 24.0 Å². The van der Waals surface area contributed by atoms with Crippen molar-refractivity contribution in [3.05, 3.63) is 59.8 Å². The van der Waals surface area contributed by atoms with Gasteiger partial charge in [0.15, 0.2) is 0 Å². The fourth-order valence-electron chi connectivity index (χ4n) is 4.15. The SMILES string of the molecule is N#Cc1ccc(NC[C@@H]2CC[C@@]3(COCCN(CCc4ccccc4)C3)O2)nc1. The Bertz CT molecular complexity index is 821. The number of nitrogens with zero attached hydrogens (tertiary/aromatic N) is 3. The maximum atomic E-state index is 8.87. The summed E-state index contributed by atoms with van der Waals surface area (Å²) in [5.41, 5.74) is 1.73. The third-order valence-electron chi connectivity index (χ3n) is 5.73. The Morgan fingerprint density at radius 1 is 1.24 bits per heavy atom. The van der Waals surface area contributed by atoms with Crippen molar-refractivity contribution >= 4 is 5.82 Å². The molecule has 0 saturated carbocycles. The molecule has 0 amide bonds. The molecule has 2 atom stereocenters. The minimum atomic E-state index is -0.211. The number of rotatable bonds is 6. The highest BCUT2D eigenvalue weighted by Crippen LogP contribution is 2.33. The second-order valence-corrected chi connectivity index (χ2v) is 7.95. The Balaban J connectivity index is 1.29. The molecule has 4 rings (SSSR count). The number of nitrogens with one attached hydrogen (secondary N) is 1. The van der Waals surface area contributed by atoms with E-state index in [2.05, 4.69) is 51.6 Å². The second-order valence-electron chi connectivity index (χ2n) is 7.95. The van der Waals surface area contributed by atoms with E-state index in [1.807, 2.05) is 6.07 Å².